The third-order valence-electron chi connectivity index (χ3n) is 4.26. The zero-order chi connectivity index (χ0) is 17.7. The van der Waals surface area contributed by atoms with Gasteiger partial charge in [0.05, 0.1) is 15.5 Å². The van der Waals surface area contributed by atoms with Gasteiger partial charge in [-0.1, -0.05) is 36.5 Å². The number of rotatable bonds is 1. The Labute approximate surface area is 156 Å². The molecule has 0 unspecified atom stereocenters. The van der Waals surface area contributed by atoms with E-state index in [0.29, 0.717) is 31.5 Å². The Bertz CT molecular complexity index is 1440. The molecule has 4 nitrogen and oxygen atoms in total. The molecule has 0 saturated carbocycles. The third kappa shape index (κ3) is 2.27. The average Bonchev–Trinajstić information content (AvgIpc) is 2.68. The SMILES string of the molecule is O=c1c2ccccc2sc2nc(-c3coc4ccccc4c3=S)ncc12. The molecule has 0 amide bonds. The molecule has 0 aliphatic rings. The van der Waals surface area contributed by atoms with E-state index in [2.05, 4.69) is 9.97 Å². The average molecular weight is 374 g/mol. The number of nitrogens with zero attached hydrogens (tertiary/aromatic N) is 2. The van der Waals surface area contributed by atoms with Crippen molar-refractivity contribution in [2.75, 3.05) is 0 Å². The predicted octanol–water partition coefficient (Wildman–Crippen LogP) is 5.35. The molecule has 0 saturated heterocycles. The topological polar surface area (TPSA) is 56.0 Å². The summed E-state index contributed by atoms with van der Waals surface area (Å²) in [6.07, 6.45) is 3.16. The lowest BCUT2D eigenvalue weighted by molar-refractivity contribution is 0.604. The molecule has 0 bridgehead atoms. The Morgan fingerprint density at radius 2 is 1.73 bits per heavy atom. The lowest BCUT2D eigenvalue weighted by atomic mass is 10.2. The molecule has 0 fully saturated rings. The number of benzene rings is 2. The normalized spacial score (nSPS) is 11.4. The van der Waals surface area contributed by atoms with Crippen molar-refractivity contribution in [1.82, 2.24) is 9.97 Å². The van der Waals surface area contributed by atoms with E-state index in [9.17, 15) is 4.79 Å². The van der Waals surface area contributed by atoms with Gasteiger partial charge in [-0.3, -0.25) is 4.79 Å². The zero-order valence-corrected chi connectivity index (χ0v) is 14.9. The summed E-state index contributed by atoms with van der Waals surface area (Å²) >= 11 is 7.07. The van der Waals surface area contributed by atoms with Crippen LogP contribution in [0.4, 0.5) is 0 Å². The van der Waals surface area contributed by atoms with Crippen LogP contribution in [0.2, 0.25) is 0 Å². The van der Waals surface area contributed by atoms with Crippen LogP contribution in [0.15, 0.2) is 70.2 Å². The van der Waals surface area contributed by atoms with Gasteiger partial charge in [-0.2, -0.15) is 0 Å². The molecule has 0 aliphatic heterocycles. The van der Waals surface area contributed by atoms with E-state index in [1.54, 1.807) is 12.5 Å². The molecule has 0 spiro atoms. The van der Waals surface area contributed by atoms with Gasteiger partial charge in [0.25, 0.3) is 0 Å². The molecule has 5 aromatic rings. The first kappa shape index (κ1) is 15.3. The van der Waals surface area contributed by atoms with Gasteiger partial charge < -0.3 is 4.42 Å². The summed E-state index contributed by atoms with van der Waals surface area (Å²) in [6.45, 7) is 0. The van der Waals surface area contributed by atoms with Crippen LogP contribution in [0, 0.1) is 4.51 Å². The first-order valence-corrected chi connectivity index (χ1v) is 9.14. The van der Waals surface area contributed by atoms with Gasteiger partial charge in [0.1, 0.15) is 16.7 Å². The van der Waals surface area contributed by atoms with Gasteiger partial charge in [-0.05, 0) is 24.3 Å². The van der Waals surface area contributed by atoms with Crippen LogP contribution in [0.25, 0.3) is 42.7 Å². The van der Waals surface area contributed by atoms with Crippen molar-refractivity contribution in [2.45, 2.75) is 0 Å². The minimum atomic E-state index is -0.0531. The number of para-hydroxylation sites is 1. The molecule has 0 atom stereocenters. The Morgan fingerprint density at radius 3 is 2.62 bits per heavy atom. The monoisotopic (exact) mass is 374 g/mol. The largest absolute Gasteiger partial charge is 0.463 e. The zero-order valence-electron chi connectivity index (χ0n) is 13.3. The van der Waals surface area contributed by atoms with Gasteiger partial charge in [-0.15, -0.1) is 11.3 Å². The molecule has 0 N–H and O–H groups in total. The van der Waals surface area contributed by atoms with Crippen molar-refractivity contribution < 1.29 is 4.42 Å². The summed E-state index contributed by atoms with van der Waals surface area (Å²) < 4.78 is 7.22. The van der Waals surface area contributed by atoms with E-state index in [0.717, 1.165) is 15.7 Å². The summed E-state index contributed by atoms with van der Waals surface area (Å²) in [5.74, 6) is 0.461. The molecule has 2 aromatic carbocycles. The van der Waals surface area contributed by atoms with Crippen LogP contribution < -0.4 is 5.43 Å². The summed E-state index contributed by atoms with van der Waals surface area (Å²) in [4.78, 5) is 22.3. The molecular formula is C20H10N2O2S2. The van der Waals surface area contributed by atoms with Crippen molar-refractivity contribution in [2.24, 2.45) is 0 Å². The molecule has 0 aliphatic carbocycles. The highest BCUT2D eigenvalue weighted by atomic mass is 32.1. The summed E-state index contributed by atoms with van der Waals surface area (Å²) in [5, 5.41) is 2.04. The summed E-state index contributed by atoms with van der Waals surface area (Å²) in [7, 11) is 0. The highest BCUT2D eigenvalue weighted by Gasteiger charge is 2.12. The molecule has 0 radical (unpaired) electrons. The molecule has 3 heterocycles. The lowest BCUT2D eigenvalue weighted by Gasteiger charge is -2.05. The van der Waals surface area contributed by atoms with Gasteiger partial charge in [0, 0.05) is 21.7 Å². The second kappa shape index (κ2) is 5.79. The van der Waals surface area contributed by atoms with E-state index in [-0.39, 0.29) is 5.43 Å². The van der Waals surface area contributed by atoms with Crippen LogP contribution >= 0.6 is 23.6 Å². The van der Waals surface area contributed by atoms with Crippen LogP contribution in [-0.4, -0.2) is 9.97 Å². The predicted molar refractivity (Wildman–Crippen MR) is 107 cm³/mol. The molecule has 6 heteroatoms. The molecule has 124 valence electrons. The maximum atomic E-state index is 12.7. The Balaban J connectivity index is 1.81. The van der Waals surface area contributed by atoms with E-state index in [1.165, 1.54) is 11.3 Å². The summed E-state index contributed by atoms with van der Waals surface area (Å²) in [6, 6.07) is 15.1. The first-order chi connectivity index (χ1) is 12.7. The smallest absolute Gasteiger partial charge is 0.199 e. The molecular weight excluding hydrogens is 364 g/mol. The summed E-state index contributed by atoms with van der Waals surface area (Å²) in [5.41, 5.74) is 1.31. The highest BCUT2D eigenvalue weighted by Crippen LogP contribution is 2.28. The first-order valence-electron chi connectivity index (χ1n) is 7.92. The van der Waals surface area contributed by atoms with Crippen LogP contribution in [0.1, 0.15) is 0 Å². The minimum Gasteiger partial charge on any atom is -0.463 e. The van der Waals surface area contributed by atoms with Gasteiger partial charge in [0.15, 0.2) is 11.3 Å². The van der Waals surface area contributed by atoms with Crippen LogP contribution in [0.5, 0.6) is 0 Å². The second-order valence-corrected chi connectivity index (χ2v) is 7.25. The number of hydrogen-bond acceptors (Lipinski definition) is 6. The fourth-order valence-corrected chi connectivity index (χ4v) is 4.28. The Hall–Kier alpha value is -2.96. The molecule has 3 aromatic heterocycles. The van der Waals surface area contributed by atoms with Crippen molar-refractivity contribution in [1.29, 1.82) is 0 Å². The minimum absolute atomic E-state index is 0.0531. The van der Waals surface area contributed by atoms with Gasteiger partial charge in [-0.25, -0.2) is 9.97 Å². The van der Waals surface area contributed by atoms with Gasteiger partial charge in [0.2, 0.25) is 0 Å². The fraction of sp³-hybridized carbons (Fsp3) is 0. The number of hydrogen-bond donors (Lipinski definition) is 0. The third-order valence-corrected chi connectivity index (χ3v) is 5.78. The molecule has 26 heavy (non-hydrogen) atoms. The standard InChI is InChI=1S/C20H10N2O2S2/c23-17-12-6-2-4-8-16(12)26-20-13(17)9-21-19(22-20)14-10-24-15-7-3-1-5-11(15)18(14)25/h1-10H. The quantitative estimate of drug-likeness (QED) is 0.292. The van der Waals surface area contributed by atoms with Crippen molar-refractivity contribution >= 4 is 54.8 Å². The number of aromatic nitrogens is 2. The van der Waals surface area contributed by atoms with Crippen LogP contribution in [-0.2, 0) is 0 Å². The van der Waals surface area contributed by atoms with Gasteiger partial charge >= 0.3 is 0 Å². The van der Waals surface area contributed by atoms with Crippen molar-refractivity contribution in [3.05, 3.63) is 75.7 Å². The van der Waals surface area contributed by atoms with E-state index < -0.39 is 0 Å². The van der Waals surface area contributed by atoms with E-state index >= 15 is 0 Å². The Morgan fingerprint density at radius 1 is 0.962 bits per heavy atom. The van der Waals surface area contributed by atoms with E-state index in [1.807, 2.05) is 48.5 Å². The number of fused-ring (bicyclic) bond motifs is 3. The van der Waals surface area contributed by atoms with Crippen molar-refractivity contribution in [3.8, 4) is 11.4 Å². The highest BCUT2D eigenvalue weighted by molar-refractivity contribution is 7.71. The molecule has 5 rings (SSSR count). The lowest BCUT2D eigenvalue weighted by Crippen LogP contribution is -2.03. The maximum absolute atomic E-state index is 12.7. The fourth-order valence-electron chi connectivity index (χ4n) is 2.95. The second-order valence-electron chi connectivity index (χ2n) is 5.81. The van der Waals surface area contributed by atoms with Crippen LogP contribution in [0.3, 0.4) is 0 Å². The van der Waals surface area contributed by atoms with E-state index in [4.69, 9.17) is 16.6 Å². The maximum Gasteiger partial charge on any atom is 0.199 e. The Kier molecular flexibility index (Phi) is 3.41. The van der Waals surface area contributed by atoms with Crippen molar-refractivity contribution in [3.63, 3.8) is 0 Å².